The number of aromatic amines is 1. The molecule has 0 bridgehead atoms. The van der Waals surface area contributed by atoms with E-state index in [0.717, 1.165) is 22.9 Å². The van der Waals surface area contributed by atoms with Crippen LogP contribution in [0.5, 0.6) is 0 Å². The third-order valence-corrected chi connectivity index (χ3v) is 6.69. The molecule has 170 valence electrons. The van der Waals surface area contributed by atoms with Gasteiger partial charge in [0.2, 0.25) is 5.91 Å². The van der Waals surface area contributed by atoms with Gasteiger partial charge in [0, 0.05) is 43.2 Å². The summed E-state index contributed by atoms with van der Waals surface area (Å²) >= 11 is 0. The maximum Gasteiger partial charge on any atom is 0.257 e. The Kier molecular flexibility index (Phi) is 6.01. The number of rotatable bonds is 5. The number of carbonyl (C=O) groups excluding carboxylic acids is 2. The maximum atomic E-state index is 13.6. The predicted octanol–water partition coefficient (Wildman–Crippen LogP) is 3.34. The highest BCUT2D eigenvalue weighted by molar-refractivity contribution is 5.90. The first-order valence-electron chi connectivity index (χ1n) is 11.6. The van der Waals surface area contributed by atoms with Gasteiger partial charge in [-0.25, -0.2) is 0 Å². The van der Waals surface area contributed by atoms with E-state index in [1.807, 2.05) is 65.7 Å². The molecule has 2 amide bonds. The molecule has 0 unspecified atom stereocenters. The lowest BCUT2D eigenvalue weighted by molar-refractivity contribution is -0.173. The van der Waals surface area contributed by atoms with Gasteiger partial charge in [-0.05, 0) is 23.6 Å². The lowest BCUT2D eigenvalue weighted by Gasteiger charge is -2.42. The number of aromatic nitrogens is 1. The smallest absolute Gasteiger partial charge is 0.257 e. The zero-order valence-electron chi connectivity index (χ0n) is 18.7. The summed E-state index contributed by atoms with van der Waals surface area (Å²) in [6.45, 7) is 2.36. The quantitative estimate of drug-likeness (QED) is 0.615. The van der Waals surface area contributed by atoms with E-state index in [1.165, 1.54) is 5.56 Å². The monoisotopic (exact) mass is 443 g/mol. The average Bonchev–Trinajstić information content (AvgIpc) is 3.20. The van der Waals surface area contributed by atoms with Gasteiger partial charge in [-0.2, -0.15) is 0 Å². The van der Waals surface area contributed by atoms with Gasteiger partial charge in [-0.1, -0.05) is 60.7 Å². The number of nitrogens with zero attached hydrogens (tertiary/aromatic N) is 2. The number of hydrogen-bond acceptors (Lipinski definition) is 3. The number of para-hydroxylation sites is 1. The normalized spacial score (nSPS) is 21.0. The van der Waals surface area contributed by atoms with E-state index in [2.05, 4.69) is 17.1 Å². The molecule has 1 fully saturated rings. The van der Waals surface area contributed by atoms with Crippen LogP contribution in [-0.2, 0) is 27.2 Å². The van der Waals surface area contributed by atoms with Gasteiger partial charge >= 0.3 is 0 Å². The molecule has 2 aliphatic rings. The second kappa shape index (κ2) is 9.24. The molecule has 5 rings (SSSR count). The number of nitrogens with one attached hydrogen (secondary N) is 1. The molecule has 6 heteroatoms. The van der Waals surface area contributed by atoms with E-state index in [4.69, 9.17) is 4.74 Å². The van der Waals surface area contributed by atoms with E-state index in [1.54, 1.807) is 4.90 Å². The van der Waals surface area contributed by atoms with Crippen molar-refractivity contribution in [3.63, 3.8) is 0 Å². The zero-order valence-corrected chi connectivity index (χ0v) is 18.7. The Labute approximate surface area is 193 Å². The molecule has 1 N–H and O–H groups in total. The Hall–Kier alpha value is -3.38. The molecule has 3 heterocycles. The van der Waals surface area contributed by atoms with E-state index in [-0.39, 0.29) is 11.8 Å². The van der Waals surface area contributed by atoms with Crippen LogP contribution in [0.1, 0.15) is 17.5 Å². The van der Waals surface area contributed by atoms with Crippen LogP contribution in [-0.4, -0.2) is 65.0 Å². The third kappa shape index (κ3) is 4.44. The summed E-state index contributed by atoms with van der Waals surface area (Å²) in [6.07, 6.45) is 7.55. The first-order valence-corrected chi connectivity index (χ1v) is 11.6. The van der Waals surface area contributed by atoms with Crippen molar-refractivity contribution in [1.82, 2.24) is 14.8 Å². The SMILES string of the molecule is O=C(Cc1c[nH]c2ccccc12)N1CCO[C@]2(CC=CCN(CCc3ccccc3)C2=O)C1. The van der Waals surface area contributed by atoms with Crippen molar-refractivity contribution < 1.29 is 14.3 Å². The van der Waals surface area contributed by atoms with Crippen LogP contribution in [0.25, 0.3) is 10.9 Å². The van der Waals surface area contributed by atoms with Crippen LogP contribution in [0.3, 0.4) is 0 Å². The zero-order chi connectivity index (χ0) is 22.7. The molecular weight excluding hydrogens is 414 g/mol. The van der Waals surface area contributed by atoms with Gasteiger partial charge in [0.15, 0.2) is 5.60 Å². The van der Waals surface area contributed by atoms with E-state index in [0.29, 0.717) is 45.6 Å². The highest BCUT2D eigenvalue weighted by Gasteiger charge is 2.46. The molecule has 0 radical (unpaired) electrons. The molecular formula is C27H29N3O3. The Balaban J connectivity index is 1.29. The summed E-state index contributed by atoms with van der Waals surface area (Å²) in [7, 11) is 0. The summed E-state index contributed by atoms with van der Waals surface area (Å²) in [5, 5.41) is 1.06. The van der Waals surface area contributed by atoms with Crippen molar-refractivity contribution in [2.24, 2.45) is 0 Å². The number of morpholine rings is 1. The molecule has 6 nitrogen and oxygen atoms in total. The predicted molar refractivity (Wildman–Crippen MR) is 128 cm³/mol. The fourth-order valence-corrected chi connectivity index (χ4v) is 4.84. The highest BCUT2D eigenvalue weighted by Crippen LogP contribution is 2.28. The Morgan fingerprint density at radius 2 is 1.88 bits per heavy atom. The van der Waals surface area contributed by atoms with Crippen molar-refractivity contribution in [2.75, 3.05) is 32.8 Å². The number of benzene rings is 2. The second-order valence-electron chi connectivity index (χ2n) is 8.86. The minimum Gasteiger partial charge on any atom is -0.361 e. The Bertz CT molecular complexity index is 1170. The van der Waals surface area contributed by atoms with Gasteiger partial charge < -0.3 is 19.5 Å². The van der Waals surface area contributed by atoms with Gasteiger partial charge in [-0.15, -0.1) is 0 Å². The number of hydrogen-bond donors (Lipinski definition) is 1. The maximum absolute atomic E-state index is 13.6. The summed E-state index contributed by atoms with van der Waals surface area (Å²) in [5.74, 6) is 0.00677. The Morgan fingerprint density at radius 3 is 2.76 bits per heavy atom. The third-order valence-electron chi connectivity index (χ3n) is 6.69. The number of fused-ring (bicyclic) bond motifs is 1. The molecule has 2 aliphatic heterocycles. The van der Waals surface area contributed by atoms with Crippen molar-refractivity contribution in [2.45, 2.75) is 24.9 Å². The van der Waals surface area contributed by atoms with Crippen molar-refractivity contribution in [3.05, 3.63) is 84.1 Å². The first-order chi connectivity index (χ1) is 16.1. The fraction of sp³-hybridized carbons (Fsp3) is 0.333. The van der Waals surface area contributed by atoms with Gasteiger partial charge in [0.05, 0.1) is 19.6 Å². The van der Waals surface area contributed by atoms with E-state index < -0.39 is 5.60 Å². The summed E-state index contributed by atoms with van der Waals surface area (Å²) < 4.78 is 6.12. The first kappa shape index (κ1) is 21.5. The number of carbonyl (C=O) groups is 2. The number of H-pyrrole nitrogens is 1. The van der Waals surface area contributed by atoms with Crippen LogP contribution >= 0.6 is 0 Å². The molecule has 3 aromatic rings. The molecule has 1 saturated heterocycles. The van der Waals surface area contributed by atoms with Gasteiger partial charge in [-0.3, -0.25) is 9.59 Å². The minimum absolute atomic E-state index is 0.0203. The van der Waals surface area contributed by atoms with Crippen molar-refractivity contribution in [1.29, 1.82) is 0 Å². The van der Waals surface area contributed by atoms with Crippen LogP contribution in [0.2, 0.25) is 0 Å². The largest absolute Gasteiger partial charge is 0.361 e. The molecule has 2 aromatic carbocycles. The standard InChI is InChI=1S/C27H29N3O3/c31-25(18-22-19-28-24-11-5-4-10-23(22)24)30-16-17-33-27(20-30)13-6-7-14-29(26(27)32)15-12-21-8-2-1-3-9-21/h1-11,19,28H,12-18,20H2/t27-/m1/s1. The molecule has 1 atom stereocenters. The van der Waals surface area contributed by atoms with Crippen LogP contribution in [0.15, 0.2) is 72.9 Å². The van der Waals surface area contributed by atoms with Crippen LogP contribution < -0.4 is 0 Å². The van der Waals surface area contributed by atoms with Crippen molar-refractivity contribution >= 4 is 22.7 Å². The van der Waals surface area contributed by atoms with Crippen molar-refractivity contribution in [3.8, 4) is 0 Å². The topological polar surface area (TPSA) is 65.6 Å². The molecule has 1 spiro atoms. The fourth-order valence-electron chi connectivity index (χ4n) is 4.84. The Morgan fingerprint density at radius 1 is 1.06 bits per heavy atom. The van der Waals surface area contributed by atoms with Gasteiger partial charge in [0.1, 0.15) is 0 Å². The molecule has 0 saturated carbocycles. The highest BCUT2D eigenvalue weighted by atomic mass is 16.5. The summed E-state index contributed by atoms with van der Waals surface area (Å²) in [6, 6.07) is 18.2. The minimum atomic E-state index is -1.00. The van der Waals surface area contributed by atoms with Crippen LogP contribution in [0.4, 0.5) is 0 Å². The van der Waals surface area contributed by atoms with E-state index >= 15 is 0 Å². The number of amides is 2. The lowest BCUT2D eigenvalue weighted by atomic mass is 9.95. The lowest BCUT2D eigenvalue weighted by Crippen LogP contribution is -2.61. The summed E-state index contributed by atoms with van der Waals surface area (Å²) in [5.41, 5.74) is 2.20. The molecule has 0 aliphatic carbocycles. The number of ether oxygens (including phenoxy) is 1. The molecule has 1 aromatic heterocycles. The molecule has 33 heavy (non-hydrogen) atoms. The van der Waals surface area contributed by atoms with Gasteiger partial charge in [0.25, 0.3) is 5.91 Å². The average molecular weight is 444 g/mol. The van der Waals surface area contributed by atoms with Crippen LogP contribution in [0, 0.1) is 0 Å². The second-order valence-corrected chi connectivity index (χ2v) is 8.86. The van der Waals surface area contributed by atoms with E-state index in [9.17, 15) is 9.59 Å². The summed E-state index contributed by atoms with van der Waals surface area (Å²) in [4.78, 5) is 33.8.